The first kappa shape index (κ1) is 14.4. The van der Waals surface area contributed by atoms with Crippen molar-refractivity contribution >= 4 is 20.9 Å². The summed E-state index contributed by atoms with van der Waals surface area (Å²) in [6, 6.07) is 9.19. The molecular formula is C12H9F3O4S. The Hall–Kier alpha value is -1.96. The molecule has 0 radical (unpaired) electrons. The average Bonchev–Trinajstić information content (AvgIpc) is 2.37. The smallest absolute Gasteiger partial charge is 0.493 e. The first-order valence-electron chi connectivity index (χ1n) is 5.33. The number of alkyl halides is 3. The number of benzene rings is 2. The number of methoxy groups -OCH3 is 1. The third kappa shape index (κ3) is 2.51. The summed E-state index contributed by atoms with van der Waals surface area (Å²) in [5.74, 6) is -0.584. The minimum atomic E-state index is -5.75. The lowest BCUT2D eigenvalue weighted by molar-refractivity contribution is -0.0500. The van der Waals surface area contributed by atoms with Crippen LogP contribution < -0.4 is 8.92 Å². The van der Waals surface area contributed by atoms with Gasteiger partial charge in [0.2, 0.25) is 0 Å². The van der Waals surface area contributed by atoms with Gasteiger partial charge < -0.3 is 8.92 Å². The van der Waals surface area contributed by atoms with Gasteiger partial charge in [-0.05, 0) is 11.5 Å². The van der Waals surface area contributed by atoms with Gasteiger partial charge >= 0.3 is 15.6 Å². The van der Waals surface area contributed by atoms with Gasteiger partial charge in [0, 0.05) is 5.39 Å². The summed E-state index contributed by atoms with van der Waals surface area (Å²) in [6.45, 7) is 0. The molecule has 0 fully saturated rings. The highest BCUT2D eigenvalue weighted by Crippen LogP contribution is 2.38. The number of hydrogen-bond donors (Lipinski definition) is 0. The van der Waals surface area contributed by atoms with Gasteiger partial charge in [-0.25, -0.2) is 0 Å². The molecule has 0 saturated heterocycles. The molecule has 0 N–H and O–H groups in total. The molecule has 0 aliphatic carbocycles. The monoisotopic (exact) mass is 306 g/mol. The third-order valence-electron chi connectivity index (χ3n) is 2.54. The van der Waals surface area contributed by atoms with Crippen LogP contribution in [0.5, 0.6) is 11.5 Å². The molecule has 0 heterocycles. The zero-order chi connectivity index (χ0) is 15.0. The highest BCUT2D eigenvalue weighted by molar-refractivity contribution is 7.88. The second kappa shape index (κ2) is 4.86. The van der Waals surface area contributed by atoms with Crippen molar-refractivity contribution in [1.29, 1.82) is 0 Å². The summed E-state index contributed by atoms with van der Waals surface area (Å²) >= 11 is 0. The molecule has 2 rings (SSSR count). The van der Waals surface area contributed by atoms with Crippen LogP contribution in [0.2, 0.25) is 0 Å². The number of hydrogen-bond acceptors (Lipinski definition) is 4. The topological polar surface area (TPSA) is 52.6 Å². The van der Waals surface area contributed by atoms with Gasteiger partial charge in [0.1, 0.15) is 0 Å². The van der Waals surface area contributed by atoms with Crippen LogP contribution in [0.1, 0.15) is 0 Å². The van der Waals surface area contributed by atoms with Crippen LogP contribution in [0.25, 0.3) is 10.8 Å². The van der Waals surface area contributed by atoms with E-state index in [9.17, 15) is 21.6 Å². The fourth-order valence-corrected chi connectivity index (χ4v) is 2.11. The molecule has 2 aromatic rings. The molecule has 0 aliphatic rings. The van der Waals surface area contributed by atoms with E-state index >= 15 is 0 Å². The van der Waals surface area contributed by atoms with Crippen LogP contribution in [0, 0.1) is 0 Å². The van der Waals surface area contributed by atoms with Crippen LogP contribution in [-0.4, -0.2) is 21.0 Å². The molecule has 0 aliphatic heterocycles. The summed E-state index contributed by atoms with van der Waals surface area (Å²) in [6.07, 6.45) is 0. The molecule has 0 aromatic heterocycles. The molecule has 0 atom stereocenters. The Bertz CT molecular complexity index is 738. The standard InChI is InChI=1S/C12H9F3O4S/c1-18-10-7-6-8-4-2-3-5-9(8)11(10)19-20(16,17)12(13,14)15/h2-7H,1H3. The largest absolute Gasteiger partial charge is 0.534 e. The minimum absolute atomic E-state index is 0.100. The predicted molar refractivity (Wildman–Crippen MR) is 66.1 cm³/mol. The van der Waals surface area contributed by atoms with Crippen molar-refractivity contribution in [2.45, 2.75) is 5.51 Å². The van der Waals surface area contributed by atoms with Crippen molar-refractivity contribution < 1.29 is 30.5 Å². The van der Waals surface area contributed by atoms with Crippen LogP contribution in [-0.2, 0) is 10.1 Å². The van der Waals surface area contributed by atoms with Crippen molar-refractivity contribution in [2.75, 3.05) is 7.11 Å². The Morgan fingerprint density at radius 2 is 1.70 bits per heavy atom. The van der Waals surface area contributed by atoms with E-state index in [1.165, 1.54) is 19.2 Å². The average molecular weight is 306 g/mol. The van der Waals surface area contributed by atoms with E-state index in [1.807, 2.05) is 0 Å². The fourth-order valence-electron chi connectivity index (χ4n) is 1.63. The minimum Gasteiger partial charge on any atom is -0.493 e. The zero-order valence-corrected chi connectivity index (χ0v) is 11.0. The van der Waals surface area contributed by atoms with Crippen LogP contribution in [0.3, 0.4) is 0 Å². The second-order valence-electron chi connectivity index (χ2n) is 3.80. The molecule has 8 heteroatoms. The molecule has 0 saturated carbocycles. The van der Waals surface area contributed by atoms with E-state index in [0.29, 0.717) is 5.39 Å². The number of fused-ring (bicyclic) bond motifs is 1. The Labute approximate surface area is 112 Å². The predicted octanol–water partition coefficient (Wildman–Crippen LogP) is 3.08. The number of halogens is 3. The van der Waals surface area contributed by atoms with Crippen molar-refractivity contribution in [3.8, 4) is 11.5 Å². The number of ether oxygens (including phenoxy) is 1. The SMILES string of the molecule is COc1ccc2ccccc2c1OS(=O)(=O)C(F)(F)F. The summed E-state index contributed by atoms with van der Waals surface area (Å²) in [7, 11) is -4.55. The van der Waals surface area contributed by atoms with Gasteiger partial charge in [0.15, 0.2) is 11.5 Å². The van der Waals surface area contributed by atoms with Crippen molar-refractivity contribution in [2.24, 2.45) is 0 Å². The van der Waals surface area contributed by atoms with E-state index < -0.39 is 21.4 Å². The van der Waals surface area contributed by atoms with Gasteiger partial charge in [-0.1, -0.05) is 30.3 Å². The Morgan fingerprint density at radius 3 is 2.30 bits per heavy atom. The molecule has 108 valence electrons. The van der Waals surface area contributed by atoms with Crippen molar-refractivity contribution in [1.82, 2.24) is 0 Å². The van der Waals surface area contributed by atoms with Gasteiger partial charge in [-0.15, -0.1) is 0 Å². The Balaban J connectivity index is 2.64. The van der Waals surface area contributed by atoms with Gasteiger partial charge in [0.25, 0.3) is 0 Å². The van der Waals surface area contributed by atoms with Crippen LogP contribution in [0.15, 0.2) is 36.4 Å². The molecule has 0 unspecified atom stereocenters. The maximum Gasteiger partial charge on any atom is 0.534 e. The highest BCUT2D eigenvalue weighted by atomic mass is 32.2. The van der Waals surface area contributed by atoms with Gasteiger partial charge in [0.05, 0.1) is 7.11 Å². The lowest BCUT2D eigenvalue weighted by atomic mass is 10.1. The van der Waals surface area contributed by atoms with Gasteiger partial charge in [-0.3, -0.25) is 0 Å². The van der Waals surface area contributed by atoms with E-state index in [0.717, 1.165) is 0 Å². The van der Waals surface area contributed by atoms with E-state index in [4.69, 9.17) is 4.74 Å². The molecular weight excluding hydrogens is 297 g/mol. The zero-order valence-electron chi connectivity index (χ0n) is 10.1. The van der Waals surface area contributed by atoms with E-state index in [1.54, 1.807) is 24.3 Å². The molecule has 0 spiro atoms. The molecule has 0 bridgehead atoms. The van der Waals surface area contributed by atoms with Crippen molar-refractivity contribution in [3.05, 3.63) is 36.4 Å². The maximum absolute atomic E-state index is 12.4. The van der Waals surface area contributed by atoms with Gasteiger partial charge in [-0.2, -0.15) is 21.6 Å². The van der Waals surface area contributed by atoms with Crippen LogP contribution >= 0.6 is 0 Å². The lowest BCUT2D eigenvalue weighted by Crippen LogP contribution is -2.28. The summed E-state index contributed by atoms with van der Waals surface area (Å²) in [5.41, 5.74) is -5.51. The normalized spacial score (nSPS) is 12.4. The summed E-state index contributed by atoms with van der Waals surface area (Å²) in [4.78, 5) is 0. The first-order valence-corrected chi connectivity index (χ1v) is 6.73. The van der Waals surface area contributed by atoms with E-state index in [-0.39, 0.29) is 11.1 Å². The molecule has 4 nitrogen and oxygen atoms in total. The van der Waals surface area contributed by atoms with Crippen molar-refractivity contribution in [3.63, 3.8) is 0 Å². The summed E-state index contributed by atoms with van der Waals surface area (Å²) < 4.78 is 68.5. The quantitative estimate of drug-likeness (QED) is 0.646. The van der Waals surface area contributed by atoms with E-state index in [2.05, 4.69) is 4.18 Å². The summed E-state index contributed by atoms with van der Waals surface area (Å²) in [5, 5.41) is 0.736. The maximum atomic E-state index is 12.4. The molecule has 2 aromatic carbocycles. The third-order valence-corrected chi connectivity index (χ3v) is 3.49. The molecule has 20 heavy (non-hydrogen) atoms. The fraction of sp³-hybridized carbons (Fsp3) is 0.167. The first-order chi connectivity index (χ1) is 9.26. The highest BCUT2D eigenvalue weighted by Gasteiger charge is 2.49. The Kier molecular flexibility index (Phi) is 3.51. The molecule has 0 amide bonds. The second-order valence-corrected chi connectivity index (χ2v) is 5.34. The number of rotatable bonds is 3. The Morgan fingerprint density at radius 1 is 1.05 bits per heavy atom. The van der Waals surface area contributed by atoms with Crippen LogP contribution in [0.4, 0.5) is 13.2 Å². The lowest BCUT2D eigenvalue weighted by Gasteiger charge is -2.14.